The Morgan fingerprint density at radius 3 is 2.54 bits per heavy atom. The zero-order valence-electron chi connectivity index (χ0n) is 22.8. The van der Waals surface area contributed by atoms with Crippen molar-refractivity contribution in [1.82, 2.24) is 15.6 Å². The topological polar surface area (TPSA) is 113 Å². The number of hydrogen-bond donors (Lipinski definition) is 3. The number of urea groups is 1. The zero-order chi connectivity index (χ0) is 29.5. The normalized spacial score (nSPS) is 10.7. The first-order valence-electron chi connectivity index (χ1n) is 12.8. The van der Waals surface area contributed by atoms with Crippen molar-refractivity contribution < 1.29 is 19.1 Å². The molecule has 0 saturated heterocycles. The second-order valence-electron chi connectivity index (χ2n) is 9.13. The number of likely N-dealkylation sites (N-methyl/N-ethyl adjacent to an activating group) is 1. The van der Waals surface area contributed by atoms with E-state index >= 15 is 0 Å². The molecule has 212 valence electrons. The van der Waals surface area contributed by atoms with Crippen LogP contribution in [0, 0.1) is 6.92 Å². The highest BCUT2D eigenvalue weighted by Crippen LogP contribution is 2.35. The van der Waals surface area contributed by atoms with Crippen molar-refractivity contribution >= 4 is 63.3 Å². The molecule has 0 radical (unpaired) electrons. The fourth-order valence-corrected chi connectivity index (χ4v) is 4.65. The van der Waals surface area contributed by atoms with Gasteiger partial charge in [0.25, 0.3) is 5.91 Å². The summed E-state index contributed by atoms with van der Waals surface area (Å²) in [7, 11) is 1.55. The first-order valence-corrected chi connectivity index (χ1v) is 13.6. The van der Waals surface area contributed by atoms with Crippen LogP contribution in [-0.4, -0.2) is 43.0 Å². The largest absolute Gasteiger partial charge is 0.487 e. The number of ether oxygens (including phenoxy) is 1. The third-order valence-corrected chi connectivity index (χ3v) is 6.99. The molecule has 0 aliphatic carbocycles. The molecule has 0 bridgehead atoms. The van der Waals surface area contributed by atoms with E-state index in [0.717, 1.165) is 16.6 Å². The molecule has 0 aliphatic rings. The molecule has 3 N–H and O–H groups in total. The van der Waals surface area contributed by atoms with Gasteiger partial charge in [-0.15, -0.1) is 0 Å². The monoisotopic (exact) mass is 593 g/mol. The standard InChI is InChI=1S/C30H29Cl2N5O4/c1-4-33-29(39)20-8-5-9-21(15-20)36-30(40)34-16-26(38)37(3)24-14-13-23(31)22(27(24)32)17-41-25-10-6-7-19-12-11-18(2)35-28(19)25/h5-15H,4,16-17H2,1-3H3,(H,33,39)(H2,34,36,40). The number of para-hydroxylation sites is 1. The molecule has 1 aromatic heterocycles. The summed E-state index contributed by atoms with van der Waals surface area (Å²) in [6.07, 6.45) is 0. The zero-order valence-corrected chi connectivity index (χ0v) is 24.3. The van der Waals surface area contributed by atoms with Gasteiger partial charge in [-0.3, -0.25) is 9.59 Å². The van der Waals surface area contributed by atoms with E-state index in [2.05, 4.69) is 20.9 Å². The number of aromatic nitrogens is 1. The van der Waals surface area contributed by atoms with Crippen LogP contribution in [0.2, 0.25) is 10.0 Å². The molecule has 4 rings (SSSR count). The van der Waals surface area contributed by atoms with E-state index in [0.29, 0.717) is 39.8 Å². The Balaban J connectivity index is 1.40. The third-order valence-electron chi connectivity index (χ3n) is 6.22. The Bertz CT molecular complexity index is 1610. The second kappa shape index (κ2) is 13.3. The molecule has 0 atom stereocenters. The van der Waals surface area contributed by atoms with Crippen LogP contribution in [-0.2, 0) is 11.4 Å². The maximum atomic E-state index is 12.9. The average Bonchev–Trinajstić information content (AvgIpc) is 2.96. The Hall–Kier alpha value is -4.34. The minimum absolute atomic E-state index is 0.0538. The fraction of sp³-hybridized carbons (Fsp3) is 0.200. The van der Waals surface area contributed by atoms with Gasteiger partial charge in [-0.25, -0.2) is 9.78 Å². The summed E-state index contributed by atoms with van der Waals surface area (Å²) in [6, 6.07) is 18.7. The molecule has 1 heterocycles. The van der Waals surface area contributed by atoms with Crippen LogP contribution in [0.15, 0.2) is 66.7 Å². The molecule has 3 aromatic carbocycles. The third kappa shape index (κ3) is 7.25. The summed E-state index contributed by atoms with van der Waals surface area (Å²) in [5, 5.41) is 9.43. The number of nitrogens with zero attached hydrogens (tertiary/aromatic N) is 2. The van der Waals surface area contributed by atoms with Gasteiger partial charge in [0.15, 0.2) is 0 Å². The number of hydrogen-bond acceptors (Lipinski definition) is 5. The highest BCUT2D eigenvalue weighted by molar-refractivity contribution is 6.38. The van der Waals surface area contributed by atoms with Crippen molar-refractivity contribution in [2.75, 3.05) is 30.4 Å². The number of carbonyl (C=O) groups is 3. The Morgan fingerprint density at radius 2 is 1.76 bits per heavy atom. The van der Waals surface area contributed by atoms with Gasteiger partial charge in [-0.1, -0.05) is 47.5 Å². The van der Waals surface area contributed by atoms with Crippen LogP contribution in [0.25, 0.3) is 10.9 Å². The van der Waals surface area contributed by atoms with Gasteiger partial charge in [0.1, 0.15) is 17.9 Å². The van der Waals surface area contributed by atoms with Crippen LogP contribution >= 0.6 is 23.2 Å². The summed E-state index contributed by atoms with van der Waals surface area (Å²) < 4.78 is 6.06. The van der Waals surface area contributed by atoms with E-state index in [4.69, 9.17) is 27.9 Å². The molecule has 0 spiro atoms. The van der Waals surface area contributed by atoms with Crippen molar-refractivity contribution in [3.63, 3.8) is 0 Å². The van der Waals surface area contributed by atoms with Crippen LogP contribution in [0.4, 0.5) is 16.2 Å². The smallest absolute Gasteiger partial charge is 0.319 e. The van der Waals surface area contributed by atoms with Gasteiger partial charge in [0.2, 0.25) is 5.91 Å². The number of pyridine rings is 1. The van der Waals surface area contributed by atoms with Gasteiger partial charge < -0.3 is 25.6 Å². The number of benzene rings is 3. The number of fused-ring (bicyclic) bond motifs is 1. The molecule has 0 unspecified atom stereocenters. The summed E-state index contributed by atoms with van der Waals surface area (Å²) in [4.78, 5) is 43.3. The predicted molar refractivity (Wildman–Crippen MR) is 162 cm³/mol. The van der Waals surface area contributed by atoms with E-state index in [1.165, 1.54) is 4.90 Å². The van der Waals surface area contributed by atoms with Crippen LogP contribution in [0.5, 0.6) is 5.75 Å². The maximum Gasteiger partial charge on any atom is 0.319 e. The molecule has 0 aliphatic heterocycles. The minimum Gasteiger partial charge on any atom is -0.487 e. The van der Waals surface area contributed by atoms with Gasteiger partial charge in [0, 0.05) is 46.5 Å². The number of anilines is 2. The summed E-state index contributed by atoms with van der Waals surface area (Å²) >= 11 is 13.1. The summed E-state index contributed by atoms with van der Waals surface area (Å²) in [6.45, 7) is 3.96. The SMILES string of the molecule is CCNC(=O)c1cccc(NC(=O)NCC(=O)N(C)c2ccc(Cl)c(COc3cccc4ccc(C)nc34)c2Cl)c1. The Kier molecular flexibility index (Phi) is 9.65. The number of carbonyl (C=O) groups excluding carboxylic acids is 3. The number of halogens is 2. The van der Waals surface area contributed by atoms with Crippen LogP contribution < -0.4 is 25.6 Å². The van der Waals surface area contributed by atoms with E-state index in [9.17, 15) is 14.4 Å². The lowest BCUT2D eigenvalue weighted by Gasteiger charge is -2.21. The molecular formula is C30H29Cl2N5O4. The lowest BCUT2D eigenvalue weighted by molar-refractivity contribution is -0.117. The van der Waals surface area contributed by atoms with E-state index in [1.807, 2.05) is 44.2 Å². The number of amides is 4. The van der Waals surface area contributed by atoms with Gasteiger partial charge in [0.05, 0.1) is 17.3 Å². The summed E-state index contributed by atoms with van der Waals surface area (Å²) in [5.41, 5.74) is 3.32. The van der Waals surface area contributed by atoms with Crippen molar-refractivity contribution in [1.29, 1.82) is 0 Å². The minimum atomic E-state index is -0.602. The lowest BCUT2D eigenvalue weighted by Crippen LogP contribution is -2.40. The van der Waals surface area contributed by atoms with E-state index in [-0.39, 0.29) is 24.1 Å². The average molecular weight is 594 g/mol. The Labute approximate surface area is 247 Å². The van der Waals surface area contributed by atoms with Gasteiger partial charge in [-0.2, -0.15) is 0 Å². The fourth-order valence-electron chi connectivity index (χ4n) is 4.05. The van der Waals surface area contributed by atoms with Crippen molar-refractivity contribution in [2.24, 2.45) is 0 Å². The number of rotatable bonds is 9. The second-order valence-corrected chi connectivity index (χ2v) is 9.91. The molecule has 0 fully saturated rings. The molecule has 9 nitrogen and oxygen atoms in total. The first kappa shape index (κ1) is 29.6. The van der Waals surface area contributed by atoms with Crippen LogP contribution in [0.1, 0.15) is 28.5 Å². The highest BCUT2D eigenvalue weighted by atomic mass is 35.5. The van der Waals surface area contributed by atoms with E-state index in [1.54, 1.807) is 43.4 Å². The van der Waals surface area contributed by atoms with Crippen LogP contribution in [0.3, 0.4) is 0 Å². The molecule has 0 saturated carbocycles. The van der Waals surface area contributed by atoms with Crippen molar-refractivity contribution in [2.45, 2.75) is 20.5 Å². The van der Waals surface area contributed by atoms with Gasteiger partial charge in [-0.05, 0) is 56.3 Å². The molecule has 41 heavy (non-hydrogen) atoms. The summed E-state index contributed by atoms with van der Waals surface area (Å²) in [5.74, 6) is -0.0807. The molecule has 4 aromatic rings. The maximum absolute atomic E-state index is 12.9. The van der Waals surface area contributed by atoms with E-state index < -0.39 is 11.9 Å². The first-order chi connectivity index (χ1) is 19.7. The molecular weight excluding hydrogens is 565 g/mol. The number of aryl methyl sites for hydroxylation is 1. The van der Waals surface area contributed by atoms with Crippen molar-refractivity contribution in [3.05, 3.63) is 93.6 Å². The Morgan fingerprint density at radius 1 is 0.976 bits per heavy atom. The highest BCUT2D eigenvalue weighted by Gasteiger charge is 2.20. The molecule has 11 heteroatoms. The van der Waals surface area contributed by atoms with Crippen molar-refractivity contribution in [3.8, 4) is 5.75 Å². The predicted octanol–water partition coefficient (Wildman–Crippen LogP) is 5.96. The number of nitrogens with one attached hydrogen (secondary N) is 3. The quantitative estimate of drug-likeness (QED) is 0.221. The lowest BCUT2D eigenvalue weighted by atomic mass is 10.1. The van der Waals surface area contributed by atoms with Gasteiger partial charge >= 0.3 is 6.03 Å². The molecule has 4 amide bonds.